The van der Waals surface area contributed by atoms with E-state index >= 15 is 0 Å². The Morgan fingerprint density at radius 2 is 1.80 bits per heavy atom. The van der Waals surface area contributed by atoms with Crippen molar-refractivity contribution in [1.29, 1.82) is 0 Å². The van der Waals surface area contributed by atoms with Crippen LogP contribution in [0.5, 0.6) is 0 Å². The molecule has 5 nitrogen and oxygen atoms in total. The minimum Gasteiger partial charge on any atom is -0.307 e. The number of para-hydroxylation sites is 1. The molecule has 1 aromatic heterocycles. The molecule has 1 aromatic carbocycles. The van der Waals surface area contributed by atoms with Crippen LogP contribution in [0, 0.1) is 0 Å². The first kappa shape index (κ1) is 13.2. The van der Waals surface area contributed by atoms with Crippen molar-refractivity contribution in [2.75, 3.05) is 0 Å². The standard InChI is InChI=1S/C15H21N5/c1-2-5-9-13(8-4-1)16-12-15-17-18-19-20(15)14-10-6-3-7-11-14/h3,6-7,10-11,13,16H,1-2,4-5,8-9,12H2. The van der Waals surface area contributed by atoms with E-state index in [1.807, 2.05) is 35.0 Å². The monoisotopic (exact) mass is 271 g/mol. The summed E-state index contributed by atoms with van der Waals surface area (Å²) < 4.78 is 1.81. The van der Waals surface area contributed by atoms with E-state index in [-0.39, 0.29) is 0 Å². The number of aromatic nitrogens is 4. The van der Waals surface area contributed by atoms with Gasteiger partial charge in [0.1, 0.15) is 0 Å². The van der Waals surface area contributed by atoms with Crippen molar-refractivity contribution < 1.29 is 0 Å². The molecule has 0 amide bonds. The van der Waals surface area contributed by atoms with Gasteiger partial charge in [-0.15, -0.1) is 5.10 Å². The van der Waals surface area contributed by atoms with E-state index < -0.39 is 0 Å². The lowest BCUT2D eigenvalue weighted by Crippen LogP contribution is -2.29. The number of rotatable bonds is 4. The summed E-state index contributed by atoms with van der Waals surface area (Å²) in [5, 5.41) is 15.6. The third-order valence-corrected chi connectivity index (χ3v) is 3.94. The van der Waals surface area contributed by atoms with Gasteiger partial charge in [0.15, 0.2) is 5.82 Å². The zero-order valence-corrected chi connectivity index (χ0v) is 11.7. The van der Waals surface area contributed by atoms with Crippen LogP contribution in [0.1, 0.15) is 44.3 Å². The first-order valence-electron chi connectivity index (χ1n) is 7.49. The fourth-order valence-corrected chi connectivity index (χ4v) is 2.80. The summed E-state index contributed by atoms with van der Waals surface area (Å²) in [5.74, 6) is 0.875. The molecule has 0 atom stereocenters. The van der Waals surface area contributed by atoms with Crippen LogP contribution in [0.3, 0.4) is 0 Å². The lowest BCUT2D eigenvalue weighted by atomic mass is 10.1. The molecule has 0 radical (unpaired) electrons. The molecule has 1 N–H and O–H groups in total. The summed E-state index contributed by atoms with van der Waals surface area (Å²) >= 11 is 0. The molecule has 106 valence electrons. The molecule has 0 saturated heterocycles. The van der Waals surface area contributed by atoms with Crippen LogP contribution in [0.4, 0.5) is 0 Å². The van der Waals surface area contributed by atoms with Crippen molar-refractivity contribution in [2.45, 2.75) is 51.1 Å². The van der Waals surface area contributed by atoms with Gasteiger partial charge in [0.25, 0.3) is 0 Å². The van der Waals surface area contributed by atoms with Gasteiger partial charge in [-0.1, -0.05) is 43.9 Å². The Balaban J connectivity index is 1.65. The van der Waals surface area contributed by atoms with E-state index in [1.54, 1.807) is 0 Å². The van der Waals surface area contributed by atoms with E-state index in [0.717, 1.165) is 18.1 Å². The molecule has 5 heteroatoms. The van der Waals surface area contributed by atoms with Gasteiger partial charge >= 0.3 is 0 Å². The predicted octanol–water partition coefficient (Wildman–Crippen LogP) is 2.47. The van der Waals surface area contributed by atoms with E-state index in [4.69, 9.17) is 0 Å². The van der Waals surface area contributed by atoms with Gasteiger partial charge in [-0.3, -0.25) is 0 Å². The normalized spacial score (nSPS) is 17.0. The third-order valence-electron chi connectivity index (χ3n) is 3.94. The summed E-state index contributed by atoms with van der Waals surface area (Å²) in [5.41, 5.74) is 1.01. The molecule has 0 spiro atoms. The molecule has 2 aromatic rings. The molecule has 1 aliphatic rings. The molecule has 1 saturated carbocycles. The second-order valence-electron chi connectivity index (χ2n) is 5.41. The number of tetrazole rings is 1. The Bertz CT molecular complexity index is 514. The fourth-order valence-electron chi connectivity index (χ4n) is 2.80. The van der Waals surface area contributed by atoms with E-state index in [0.29, 0.717) is 6.04 Å². The highest BCUT2D eigenvalue weighted by molar-refractivity contribution is 5.30. The van der Waals surface area contributed by atoms with Crippen LogP contribution in [0.15, 0.2) is 30.3 Å². The molecular weight excluding hydrogens is 250 g/mol. The van der Waals surface area contributed by atoms with Gasteiger partial charge in [-0.2, -0.15) is 4.68 Å². The molecule has 1 heterocycles. The Morgan fingerprint density at radius 3 is 2.55 bits per heavy atom. The first-order chi connectivity index (χ1) is 9.93. The highest BCUT2D eigenvalue weighted by Gasteiger charge is 2.14. The van der Waals surface area contributed by atoms with Crippen LogP contribution in [0.2, 0.25) is 0 Å². The molecule has 1 fully saturated rings. The zero-order valence-electron chi connectivity index (χ0n) is 11.7. The Kier molecular flexibility index (Phi) is 4.38. The summed E-state index contributed by atoms with van der Waals surface area (Å²) in [4.78, 5) is 0. The van der Waals surface area contributed by atoms with Gasteiger partial charge < -0.3 is 5.32 Å². The molecule has 0 unspecified atom stereocenters. The van der Waals surface area contributed by atoms with Gasteiger partial charge in [-0.05, 0) is 35.4 Å². The van der Waals surface area contributed by atoms with Crippen molar-refractivity contribution in [1.82, 2.24) is 25.5 Å². The van der Waals surface area contributed by atoms with Gasteiger partial charge in [0.05, 0.1) is 12.2 Å². The summed E-state index contributed by atoms with van der Waals surface area (Å²) in [6.07, 6.45) is 7.96. The van der Waals surface area contributed by atoms with Crippen molar-refractivity contribution in [3.05, 3.63) is 36.2 Å². The SMILES string of the molecule is c1ccc(-n2nnnc2CNC2CCCCCC2)cc1. The van der Waals surface area contributed by atoms with Gasteiger partial charge in [-0.25, -0.2) is 0 Å². The van der Waals surface area contributed by atoms with Crippen molar-refractivity contribution >= 4 is 0 Å². The molecule has 0 aliphatic heterocycles. The number of nitrogens with one attached hydrogen (secondary N) is 1. The highest BCUT2D eigenvalue weighted by Crippen LogP contribution is 2.17. The number of hydrogen-bond donors (Lipinski definition) is 1. The highest BCUT2D eigenvalue weighted by atomic mass is 15.5. The van der Waals surface area contributed by atoms with E-state index in [9.17, 15) is 0 Å². The second kappa shape index (κ2) is 6.61. The van der Waals surface area contributed by atoms with Crippen molar-refractivity contribution in [3.8, 4) is 5.69 Å². The van der Waals surface area contributed by atoms with Crippen LogP contribution in [-0.4, -0.2) is 26.2 Å². The maximum absolute atomic E-state index is 4.14. The predicted molar refractivity (Wildman–Crippen MR) is 77.5 cm³/mol. The molecule has 3 rings (SSSR count). The maximum atomic E-state index is 4.14. The van der Waals surface area contributed by atoms with E-state index in [1.165, 1.54) is 38.5 Å². The largest absolute Gasteiger partial charge is 0.307 e. The summed E-state index contributed by atoms with van der Waals surface area (Å²) in [7, 11) is 0. The molecular formula is C15H21N5. The average Bonchev–Trinajstić information content (AvgIpc) is 2.81. The van der Waals surface area contributed by atoms with Crippen LogP contribution in [-0.2, 0) is 6.54 Å². The Hall–Kier alpha value is -1.75. The minimum atomic E-state index is 0.610. The molecule has 1 aliphatic carbocycles. The molecule has 20 heavy (non-hydrogen) atoms. The fraction of sp³-hybridized carbons (Fsp3) is 0.533. The summed E-state index contributed by atoms with van der Waals surface area (Å²) in [6, 6.07) is 10.6. The smallest absolute Gasteiger partial charge is 0.170 e. The van der Waals surface area contributed by atoms with Crippen molar-refractivity contribution in [2.24, 2.45) is 0 Å². The first-order valence-corrected chi connectivity index (χ1v) is 7.49. The Morgan fingerprint density at radius 1 is 1.05 bits per heavy atom. The van der Waals surface area contributed by atoms with Gasteiger partial charge in [0.2, 0.25) is 0 Å². The van der Waals surface area contributed by atoms with E-state index in [2.05, 4.69) is 20.8 Å². The average molecular weight is 271 g/mol. The minimum absolute atomic E-state index is 0.610. The number of nitrogens with zero attached hydrogens (tertiary/aromatic N) is 4. The zero-order chi connectivity index (χ0) is 13.6. The topological polar surface area (TPSA) is 55.6 Å². The third kappa shape index (κ3) is 3.22. The lowest BCUT2D eigenvalue weighted by molar-refractivity contribution is 0.449. The number of benzene rings is 1. The maximum Gasteiger partial charge on any atom is 0.170 e. The second-order valence-corrected chi connectivity index (χ2v) is 5.41. The van der Waals surface area contributed by atoms with Crippen LogP contribution >= 0.6 is 0 Å². The quantitative estimate of drug-likeness (QED) is 0.868. The summed E-state index contributed by atoms with van der Waals surface area (Å²) in [6.45, 7) is 0.729. The lowest BCUT2D eigenvalue weighted by Gasteiger charge is -2.15. The molecule has 0 bridgehead atoms. The Labute approximate surface area is 119 Å². The number of hydrogen-bond acceptors (Lipinski definition) is 4. The van der Waals surface area contributed by atoms with Crippen LogP contribution in [0.25, 0.3) is 5.69 Å². The van der Waals surface area contributed by atoms with Gasteiger partial charge in [0, 0.05) is 6.04 Å². The van der Waals surface area contributed by atoms with Crippen molar-refractivity contribution in [3.63, 3.8) is 0 Å². The van der Waals surface area contributed by atoms with Crippen LogP contribution < -0.4 is 5.32 Å².